The van der Waals surface area contributed by atoms with Crippen molar-refractivity contribution < 1.29 is 25.8 Å². The van der Waals surface area contributed by atoms with Gasteiger partial charge in [0.25, 0.3) is 0 Å². The van der Waals surface area contributed by atoms with E-state index in [4.69, 9.17) is 30.7 Å². The normalized spacial score (nSPS) is 14.9. The van der Waals surface area contributed by atoms with Gasteiger partial charge in [-0.15, -0.1) is 0 Å². The van der Waals surface area contributed by atoms with E-state index in [1.165, 1.54) is 28.8 Å². The zero-order chi connectivity index (χ0) is 31.1. The average Bonchev–Trinajstić information content (AvgIpc) is 3.28. The van der Waals surface area contributed by atoms with Gasteiger partial charge in [0.2, 0.25) is 5.91 Å². The summed E-state index contributed by atoms with van der Waals surface area (Å²) in [5, 5.41) is 7.28. The summed E-state index contributed by atoms with van der Waals surface area (Å²) in [7, 11) is 0. The SMILES string of the molecule is [2H]C([2H])(OC1=C(Cl)C(=C=O)N(c2cc(-n3cc(Cl)c(C(C)(C)NC(C)=O)n3)ncc2C)C(C)=C1)c1ncc(F)cc1F. The quantitative estimate of drug-likeness (QED) is 0.368. The minimum absolute atomic E-state index is 0.221. The number of halogens is 4. The van der Waals surface area contributed by atoms with Crippen molar-refractivity contribution in [1.82, 2.24) is 25.1 Å². The molecule has 0 spiro atoms. The van der Waals surface area contributed by atoms with Crippen molar-refractivity contribution in [2.24, 2.45) is 0 Å². The third-order valence-corrected chi connectivity index (χ3v) is 6.43. The van der Waals surface area contributed by atoms with Crippen molar-refractivity contribution in [3.05, 3.63) is 92.6 Å². The topological polar surface area (TPSA) is 102 Å². The molecule has 13 heteroatoms. The van der Waals surface area contributed by atoms with E-state index < -0.39 is 29.4 Å². The van der Waals surface area contributed by atoms with Crippen molar-refractivity contribution >= 4 is 40.7 Å². The van der Waals surface area contributed by atoms with Crippen LogP contribution in [0.25, 0.3) is 5.82 Å². The van der Waals surface area contributed by atoms with Crippen LogP contribution in [-0.4, -0.2) is 31.6 Å². The molecule has 0 unspecified atom stereocenters. The van der Waals surface area contributed by atoms with Crippen LogP contribution in [0.5, 0.6) is 0 Å². The maximum atomic E-state index is 14.3. The van der Waals surface area contributed by atoms with Crippen molar-refractivity contribution in [2.45, 2.75) is 46.7 Å². The van der Waals surface area contributed by atoms with Crippen LogP contribution in [0.3, 0.4) is 0 Å². The molecule has 0 bridgehead atoms. The Balaban J connectivity index is 1.72. The number of carbonyl (C=O) groups excluding carboxylic acids is 2. The number of hydrogen-bond donors (Lipinski definition) is 1. The van der Waals surface area contributed by atoms with Gasteiger partial charge in [0.1, 0.15) is 34.6 Å². The third-order valence-electron chi connectivity index (χ3n) is 5.79. The second-order valence-electron chi connectivity index (χ2n) is 9.34. The lowest BCUT2D eigenvalue weighted by atomic mass is 10.0. The molecule has 0 atom stereocenters. The first-order valence-electron chi connectivity index (χ1n) is 12.7. The lowest BCUT2D eigenvalue weighted by Crippen LogP contribution is -2.40. The highest BCUT2D eigenvalue weighted by Crippen LogP contribution is 2.38. The average molecular weight is 591 g/mol. The van der Waals surface area contributed by atoms with Gasteiger partial charge in [0.15, 0.2) is 23.3 Å². The van der Waals surface area contributed by atoms with Gasteiger partial charge in [0.05, 0.1) is 31.4 Å². The van der Waals surface area contributed by atoms with Crippen molar-refractivity contribution in [2.75, 3.05) is 4.90 Å². The number of rotatable bonds is 7. The van der Waals surface area contributed by atoms with Gasteiger partial charge in [-0.2, -0.15) is 5.10 Å². The lowest BCUT2D eigenvalue weighted by molar-refractivity contribution is -0.120. The van der Waals surface area contributed by atoms with E-state index in [0.29, 0.717) is 40.7 Å². The second kappa shape index (κ2) is 11.2. The Hall–Kier alpha value is -4.05. The Kier molecular flexibility index (Phi) is 7.34. The summed E-state index contributed by atoms with van der Waals surface area (Å²) in [6.07, 6.45) is 5.07. The van der Waals surface area contributed by atoms with Gasteiger partial charge in [-0.05, 0) is 33.3 Å². The summed E-state index contributed by atoms with van der Waals surface area (Å²) < 4.78 is 50.7. The van der Waals surface area contributed by atoms with Crippen LogP contribution in [0.4, 0.5) is 14.5 Å². The Bertz CT molecular complexity index is 1720. The molecule has 1 N–H and O–H groups in total. The minimum Gasteiger partial charge on any atom is -0.485 e. The summed E-state index contributed by atoms with van der Waals surface area (Å²) in [6, 6.07) is 2.09. The van der Waals surface area contributed by atoms with Gasteiger partial charge in [0, 0.05) is 37.0 Å². The number of carbonyl (C=O) groups is 1. The molecule has 3 aromatic rings. The minimum atomic E-state index is -2.87. The molecular weight excluding hydrogens is 565 g/mol. The number of allylic oxidation sites excluding steroid dienone is 3. The summed E-state index contributed by atoms with van der Waals surface area (Å²) in [4.78, 5) is 33.2. The molecule has 0 aliphatic carbocycles. The van der Waals surface area contributed by atoms with E-state index in [1.807, 2.05) is 0 Å². The number of nitrogens with one attached hydrogen (secondary N) is 1. The third kappa shape index (κ3) is 5.77. The van der Waals surface area contributed by atoms with E-state index in [9.17, 15) is 18.4 Å². The first kappa shape index (κ1) is 26.2. The van der Waals surface area contributed by atoms with Crippen LogP contribution in [-0.2, 0) is 26.4 Å². The molecule has 40 heavy (non-hydrogen) atoms. The number of nitrogens with zero attached hydrogens (tertiary/aromatic N) is 5. The van der Waals surface area contributed by atoms with Gasteiger partial charge < -0.3 is 15.0 Å². The lowest BCUT2D eigenvalue weighted by Gasteiger charge is -2.31. The van der Waals surface area contributed by atoms with E-state index in [0.717, 1.165) is 0 Å². The smallest absolute Gasteiger partial charge is 0.217 e. The Morgan fingerprint density at radius 1 is 1.23 bits per heavy atom. The first-order valence-corrected chi connectivity index (χ1v) is 12.5. The van der Waals surface area contributed by atoms with Gasteiger partial charge in [-0.1, -0.05) is 23.2 Å². The number of aromatic nitrogens is 4. The molecule has 1 aliphatic heterocycles. The highest BCUT2D eigenvalue weighted by Gasteiger charge is 2.30. The van der Waals surface area contributed by atoms with E-state index in [-0.39, 0.29) is 27.4 Å². The molecule has 1 amide bonds. The molecule has 0 saturated carbocycles. The molecule has 4 heterocycles. The highest BCUT2D eigenvalue weighted by molar-refractivity contribution is 6.34. The van der Waals surface area contributed by atoms with Crippen LogP contribution in [0.15, 0.2) is 59.0 Å². The van der Waals surface area contributed by atoms with Gasteiger partial charge in [-0.3, -0.25) is 9.78 Å². The van der Waals surface area contributed by atoms with E-state index in [2.05, 4.69) is 20.4 Å². The molecule has 0 fully saturated rings. The molecule has 9 nitrogen and oxygen atoms in total. The summed E-state index contributed by atoms with van der Waals surface area (Å²) in [5.74, 6) is -0.731. The van der Waals surface area contributed by atoms with Crippen LogP contribution >= 0.6 is 23.2 Å². The number of ether oxygens (including phenoxy) is 1. The highest BCUT2D eigenvalue weighted by atomic mass is 35.5. The Labute approximate surface area is 241 Å². The van der Waals surface area contributed by atoms with Crippen LogP contribution < -0.4 is 10.2 Å². The van der Waals surface area contributed by atoms with Gasteiger partial charge in [-0.25, -0.2) is 23.2 Å². The molecule has 1 aliphatic rings. The molecule has 208 valence electrons. The zero-order valence-electron chi connectivity index (χ0n) is 23.9. The molecule has 3 aromatic heterocycles. The Morgan fingerprint density at radius 2 is 1.95 bits per heavy atom. The van der Waals surface area contributed by atoms with Crippen molar-refractivity contribution in [1.29, 1.82) is 0 Å². The van der Waals surface area contributed by atoms with E-state index >= 15 is 0 Å². The van der Waals surface area contributed by atoms with Crippen LogP contribution in [0, 0.1) is 18.6 Å². The number of pyridine rings is 2. The maximum Gasteiger partial charge on any atom is 0.217 e. The van der Waals surface area contributed by atoms with Crippen molar-refractivity contribution in [3.63, 3.8) is 0 Å². The van der Waals surface area contributed by atoms with E-state index in [1.54, 1.807) is 45.9 Å². The molecule has 0 aromatic carbocycles. The molecule has 0 saturated heterocycles. The Morgan fingerprint density at radius 3 is 2.60 bits per heavy atom. The molecule has 0 radical (unpaired) electrons. The maximum absolute atomic E-state index is 14.3. The number of anilines is 1. The number of amides is 1. The predicted molar refractivity (Wildman–Crippen MR) is 145 cm³/mol. The second-order valence-corrected chi connectivity index (χ2v) is 10.1. The van der Waals surface area contributed by atoms with Crippen LogP contribution in [0.1, 0.15) is 47.4 Å². The van der Waals surface area contributed by atoms with Crippen LogP contribution in [0.2, 0.25) is 5.02 Å². The standard InChI is InChI=1S/C27H24Cl2F2N6O3/c1-14-9-33-24(36-11-18(28)26(35-36)27(4,5)34-16(3)39)8-21(14)37-15(2)6-23(25(29)22(37)12-38)40-13-20-19(31)7-17(30)10-32-20/h6-11H,13H2,1-5H3,(H,34,39)/i13D2. The molecule has 4 rings (SSSR count). The largest absolute Gasteiger partial charge is 0.485 e. The van der Waals surface area contributed by atoms with Gasteiger partial charge >= 0.3 is 0 Å². The molecular formula is C27H24Cl2F2N6O3. The van der Waals surface area contributed by atoms with Crippen molar-refractivity contribution in [3.8, 4) is 5.82 Å². The zero-order valence-corrected chi connectivity index (χ0v) is 23.4. The first-order chi connectivity index (χ1) is 19.6. The monoisotopic (exact) mass is 590 g/mol. The fourth-order valence-corrected chi connectivity index (χ4v) is 4.62. The number of aryl methyl sites for hydroxylation is 1. The number of hydrogen-bond acceptors (Lipinski definition) is 7. The summed E-state index contributed by atoms with van der Waals surface area (Å²) in [5.41, 5.74) is -0.0678. The fourth-order valence-electron chi connectivity index (χ4n) is 4.04. The summed E-state index contributed by atoms with van der Waals surface area (Å²) >= 11 is 12.9. The predicted octanol–water partition coefficient (Wildman–Crippen LogP) is 5.38. The fraction of sp³-hybridized carbons (Fsp3) is 0.259. The summed E-state index contributed by atoms with van der Waals surface area (Å²) in [6.45, 7) is 5.36.